The molecule has 2 rings (SSSR count). The Morgan fingerprint density at radius 3 is 2.50 bits per heavy atom. The van der Waals surface area contributed by atoms with Crippen LogP contribution in [0.5, 0.6) is 0 Å². The number of hydrogen-bond donors (Lipinski definition) is 1. The molecule has 4 heteroatoms. The van der Waals surface area contributed by atoms with Crippen molar-refractivity contribution in [3.8, 4) is 0 Å². The van der Waals surface area contributed by atoms with Crippen LogP contribution in [-0.4, -0.2) is 37.5 Å². The maximum Gasteiger partial charge on any atom is 0.256 e. The minimum absolute atomic E-state index is 0.0860. The molecule has 0 spiro atoms. The summed E-state index contributed by atoms with van der Waals surface area (Å²) in [4.78, 5) is 16.8. The van der Waals surface area contributed by atoms with Crippen molar-refractivity contribution in [3.63, 3.8) is 0 Å². The summed E-state index contributed by atoms with van der Waals surface area (Å²) < 4.78 is 0. The standard InChI is InChI=1S/C16H25N3O/c1-11(2)19(10-12-5-6-12)16(20)14-9-13(17)7-8-15(14)18(3)4/h7-9,11-12H,5-6,10,17H2,1-4H3. The molecule has 0 saturated heterocycles. The molecule has 0 heterocycles. The van der Waals surface area contributed by atoms with E-state index in [0.717, 1.165) is 12.2 Å². The molecular formula is C16H25N3O. The van der Waals surface area contributed by atoms with Gasteiger partial charge < -0.3 is 15.5 Å². The Labute approximate surface area is 121 Å². The third-order valence-electron chi connectivity index (χ3n) is 3.77. The van der Waals surface area contributed by atoms with Gasteiger partial charge >= 0.3 is 0 Å². The van der Waals surface area contributed by atoms with Crippen LogP contribution in [0.4, 0.5) is 11.4 Å². The summed E-state index contributed by atoms with van der Waals surface area (Å²) in [6.45, 7) is 5.00. The second-order valence-electron chi connectivity index (χ2n) is 6.17. The van der Waals surface area contributed by atoms with Gasteiger partial charge in [-0.1, -0.05) is 0 Å². The van der Waals surface area contributed by atoms with Crippen molar-refractivity contribution < 1.29 is 4.79 Å². The summed E-state index contributed by atoms with van der Waals surface area (Å²) >= 11 is 0. The minimum Gasteiger partial charge on any atom is -0.399 e. The Morgan fingerprint density at radius 1 is 1.35 bits per heavy atom. The molecule has 2 N–H and O–H groups in total. The smallest absolute Gasteiger partial charge is 0.256 e. The molecular weight excluding hydrogens is 250 g/mol. The molecule has 0 aromatic heterocycles. The van der Waals surface area contributed by atoms with Crippen molar-refractivity contribution in [1.82, 2.24) is 4.90 Å². The summed E-state index contributed by atoms with van der Waals surface area (Å²) in [5.41, 5.74) is 8.12. The van der Waals surface area contributed by atoms with Gasteiger partial charge in [0.2, 0.25) is 0 Å². The molecule has 1 saturated carbocycles. The normalized spacial score (nSPS) is 14.4. The Morgan fingerprint density at radius 2 is 2.00 bits per heavy atom. The first kappa shape index (κ1) is 14.7. The van der Waals surface area contributed by atoms with Crippen LogP contribution in [0.15, 0.2) is 18.2 Å². The lowest BCUT2D eigenvalue weighted by atomic mass is 10.1. The van der Waals surface area contributed by atoms with Crippen LogP contribution in [0.25, 0.3) is 0 Å². The first-order valence-corrected chi connectivity index (χ1v) is 7.28. The molecule has 1 amide bonds. The van der Waals surface area contributed by atoms with Crippen LogP contribution in [0, 0.1) is 5.92 Å². The summed E-state index contributed by atoms with van der Waals surface area (Å²) in [6, 6.07) is 5.75. The van der Waals surface area contributed by atoms with Gasteiger partial charge in [-0.3, -0.25) is 4.79 Å². The minimum atomic E-state index is 0.0860. The number of carbonyl (C=O) groups excluding carboxylic acids is 1. The fourth-order valence-electron chi connectivity index (χ4n) is 2.38. The van der Waals surface area contributed by atoms with Gasteiger partial charge in [0.15, 0.2) is 0 Å². The number of nitrogens with zero attached hydrogens (tertiary/aromatic N) is 2. The quantitative estimate of drug-likeness (QED) is 0.840. The predicted octanol–water partition coefficient (Wildman–Crippen LogP) is 2.60. The molecule has 4 nitrogen and oxygen atoms in total. The number of nitrogen functional groups attached to an aromatic ring is 1. The van der Waals surface area contributed by atoms with E-state index in [1.54, 1.807) is 6.07 Å². The second-order valence-corrected chi connectivity index (χ2v) is 6.17. The maximum atomic E-state index is 12.9. The van der Waals surface area contributed by atoms with Crippen molar-refractivity contribution in [2.24, 2.45) is 5.92 Å². The zero-order valence-electron chi connectivity index (χ0n) is 12.9. The van der Waals surface area contributed by atoms with Gasteiger partial charge in [-0.2, -0.15) is 0 Å². The van der Waals surface area contributed by atoms with E-state index in [1.807, 2.05) is 36.0 Å². The van der Waals surface area contributed by atoms with Gasteiger partial charge in [-0.25, -0.2) is 0 Å². The molecule has 1 aliphatic rings. The molecule has 1 aromatic carbocycles. The summed E-state index contributed by atoms with van der Waals surface area (Å²) in [5.74, 6) is 0.771. The lowest BCUT2D eigenvalue weighted by Crippen LogP contribution is -2.39. The van der Waals surface area contributed by atoms with Gasteiger partial charge in [0.1, 0.15) is 0 Å². The van der Waals surface area contributed by atoms with E-state index in [-0.39, 0.29) is 11.9 Å². The fourth-order valence-corrected chi connectivity index (χ4v) is 2.38. The molecule has 0 aliphatic heterocycles. The molecule has 1 fully saturated rings. The molecule has 110 valence electrons. The van der Waals surface area contributed by atoms with Crippen LogP contribution in [-0.2, 0) is 0 Å². The number of amides is 1. The van der Waals surface area contributed by atoms with Gasteiger partial charge in [-0.15, -0.1) is 0 Å². The van der Waals surface area contributed by atoms with Crippen molar-refractivity contribution in [2.75, 3.05) is 31.3 Å². The second kappa shape index (κ2) is 5.73. The molecule has 0 bridgehead atoms. The summed E-state index contributed by atoms with van der Waals surface area (Å²) in [6.07, 6.45) is 2.49. The van der Waals surface area contributed by atoms with Gasteiger partial charge in [0.05, 0.1) is 5.56 Å². The predicted molar refractivity (Wildman–Crippen MR) is 84.1 cm³/mol. The SMILES string of the molecule is CC(C)N(CC1CC1)C(=O)c1cc(N)ccc1N(C)C. The highest BCUT2D eigenvalue weighted by molar-refractivity contribution is 6.00. The Hall–Kier alpha value is -1.71. The zero-order chi connectivity index (χ0) is 14.9. The highest BCUT2D eigenvalue weighted by atomic mass is 16.2. The van der Waals surface area contributed by atoms with E-state index in [9.17, 15) is 4.79 Å². The summed E-state index contributed by atoms with van der Waals surface area (Å²) in [5, 5.41) is 0. The number of benzene rings is 1. The van der Waals surface area contributed by atoms with Crippen LogP contribution >= 0.6 is 0 Å². The van der Waals surface area contributed by atoms with Crippen LogP contribution < -0.4 is 10.6 Å². The average molecular weight is 275 g/mol. The number of carbonyl (C=O) groups is 1. The van der Waals surface area contributed by atoms with Crippen molar-refractivity contribution >= 4 is 17.3 Å². The first-order chi connectivity index (χ1) is 9.40. The molecule has 1 aliphatic carbocycles. The van der Waals surface area contributed by atoms with Gasteiger partial charge in [0, 0.05) is 38.1 Å². The Kier molecular flexibility index (Phi) is 4.21. The van der Waals surface area contributed by atoms with Crippen LogP contribution in [0.3, 0.4) is 0 Å². The highest BCUT2D eigenvalue weighted by Gasteiger charge is 2.29. The van der Waals surface area contributed by atoms with Crippen molar-refractivity contribution in [1.29, 1.82) is 0 Å². The lowest BCUT2D eigenvalue weighted by Gasteiger charge is -2.29. The van der Waals surface area contributed by atoms with E-state index in [2.05, 4.69) is 13.8 Å². The third kappa shape index (κ3) is 3.24. The number of hydrogen-bond acceptors (Lipinski definition) is 3. The molecule has 20 heavy (non-hydrogen) atoms. The number of nitrogens with two attached hydrogens (primary N) is 1. The third-order valence-corrected chi connectivity index (χ3v) is 3.77. The highest BCUT2D eigenvalue weighted by Crippen LogP contribution is 2.32. The fraction of sp³-hybridized carbons (Fsp3) is 0.562. The lowest BCUT2D eigenvalue weighted by molar-refractivity contribution is 0.0697. The summed E-state index contributed by atoms with van der Waals surface area (Å²) in [7, 11) is 3.89. The van der Waals surface area contributed by atoms with E-state index in [0.29, 0.717) is 17.2 Å². The zero-order valence-corrected chi connectivity index (χ0v) is 12.9. The Balaban J connectivity index is 2.31. The van der Waals surface area contributed by atoms with Crippen molar-refractivity contribution in [2.45, 2.75) is 32.7 Å². The first-order valence-electron chi connectivity index (χ1n) is 7.28. The monoisotopic (exact) mass is 275 g/mol. The largest absolute Gasteiger partial charge is 0.399 e. The topological polar surface area (TPSA) is 49.6 Å². The van der Waals surface area contributed by atoms with Gasteiger partial charge in [0.25, 0.3) is 5.91 Å². The number of anilines is 2. The van der Waals surface area contributed by atoms with E-state index in [1.165, 1.54) is 12.8 Å². The van der Waals surface area contributed by atoms with E-state index in [4.69, 9.17) is 5.73 Å². The molecule has 0 unspecified atom stereocenters. The number of rotatable bonds is 5. The van der Waals surface area contributed by atoms with Crippen LogP contribution in [0.1, 0.15) is 37.0 Å². The molecule has 0 radical (unpaired) electrons. The molecule has 0 atom stereocenters. The molecule has 1 aromatic rings. The Bertz CT molecular complexity index is 492. The van der Waals surface area contributed by atoms with E-state index < -0.39 is 0 Å². The average Bonchev–Trinajstić information content (AvgIpc) is 3.18. The van der Waals surface area contributed by atoms with Crippen molar-refractivity contribution in [3.05, 3.63) is 23.8 Å². The maximum absolute atomic E-state index is 12.9. The van der Waals surface area contributed by atoms with E-state index >= 15 is 0 Å². The van der Waals surface area contributed by atoms with Gasteiger partial charge in [-0.05, 0) is 50.8 Å². The van der Waals surface area contributed by atoms with Crippen LogP contribution in [0.2, 0.25) is 0 Å².